The molecular weight excluding hydrogens is 256 g/mol. The van der Waals surface area contributed by atoms with Crippen molar-refractivity contribution in [3.63, 3.8) is 0 Å². The highest BCUT2D eigenvalue weighted by Gasteiger charge is 2.20. The molecule has 0 fully saturated rings. The van der Waals surface area contributed by atoms with Crippen LogP contribution in [0.25, 0.3) is 32.3 Å². The Morgan fingerprint density at radius 2 is 1.52 bits per heavy atom. The summed E-state index contributed by atoms with van der Waals surface area (Å²) in [4.78, 5) is 11.9. The van der Waals surface area contributed by atoms with E-state index in [0.717, 1.165) is 6.42 Å². The fourth-order valence-electron chi connectivity index (χ4n) is 3.92. The van der Waals surface area contributed by atoms with Gasteiger partial charge in [0.05, 0.1) is 0 Å². The van der Waals surface area contributed by atoms with Crippen LogP contribution in [0.1, 0.15) is 17.5 Å². The van der Waals surface area contributed by atoms with E-state index in [4.69, 9.17) is 0 Å². The number of aryl methyl sites for hydroxylation is 1. The molecule has 0 aliphatic heterocycles. The van der Waals surface area contributed by atoms with Crippen molar-refractivity contribution in [3.05, 3.63) is 59.7 Å². The maximum absolute atomic E-state index is 11.9. The lowest BCUT2D eigenvalue weighted by Gasteiger charge is -2.20. The molecule has 0 heterocycles. The van der Waals surface area contributed by atoms with E-state index in [0.29, 0.717) is 18.6 Å². The topological polar surface area (TPSA) is 17.1 Å². The van der Waals surface area contributed by atoms with Crippen LogP contribution in [0.3, 0.4) is 0 Å². The summed E-state index contributed by atoms with van der Waals surface area (Å²) in [6.07, 6.45) is 2.19. The molecule has 0 amide bonds. The lowest BCUT2D eigenvalue weighted by Crippen LogP contribution is -2.13. The van der Waals surface area contributed by atoms with Gasteiger partial charge in [0.15, 0.2) is 0 Å². The Morgan fingerprint density at radius 3 is 2.38 bits per heavy atom. The van der Waals surface area contributed by atoms with Crippen molar-refractivity contribution in [2.24, 2.45) is 0 Å². The third-order valence-electron chi connectivity index (χ3n) is 4.90. The maximum atomic E-state index is 11.9. The molecule has 1 aliphatic rings. The fraction of sp³-hybridized carbons (Fsp3) is 0.150. The molecule has 5 rings (SSSR count). The number of carbonyl (C=O) groups excluding carboxylic acids is 1. The van der Waals surface area contributed by atoms with E-state index in [1.54, 1.807) is 0 Å². The fourth-order valence-corrected chi connectivity index (χ4v) is 3.92. The Bertz CT molecular complexity index is 1010. The molecule has 0 bridgehead atoms. The first-order chi connectivity index (χ1) is 10.3. The molecule has 0 saturated carbocycles. The SMILES string of the molecule is O=C1CCc2cc3ccc4cccc5ccc(c2C1)c3c45. The normalized spacial score (nSPS) is 15.1. The van der Waals surface area contributed by atoms with E-state index < -0.39 is 0 Å². The number of fused-ring (bicyclic) bond motifs is 2. The second-order valence-electron chi connectivity index (χ2n) is 6.09. The number of Topliss-reactive ketones (excluding diaryl/α,β-unsaturated/α-hetero) is 1. The van der Waals surface area contributed by atoms with Crippen molar-refractivity contribution in [2.45, 2.75) is 19.3 Å². The van der Waals surface area contributed by atoms with Gasteiger partial charge in [-0.05, 0) is 49.9 Å². The number of carbonyl (C=O) groups is 1. The van der Waals surface area contributed by atoms with Gasteiger partial charge in [-0.2, -0.15) is 0 Å². The van der Waals surface area contributed by atoms with Crippen LogP contribution in [0.15, 0.2) is 48.5 Å². The second-order valence-corrected chi connectivity index (χ2v) is 6.09. The van der Waals surface area contributed by atoms with E-state index in [9.17, 15) is 4.79 Å². The van der Waals surface area contributed by atoms with Gasteiger partial charge >= 0.3 is 0 Å². The predicted octanol–water partition coefficient (Wildman–Crippen LogP) is 4.64. The Labute approximate surface area is 122 Å². The van der Waals surface area contributed by atoms with E-state index >= 15 is 0 Å². The number of ketones is 1. The molecule has 0 N–H and O–H groups in total. The van der Waals surface area contributed by atoms with Gasteiger partial charge in [0, 0.05) is 12.8 Å². The minimum absolute atomic E-state index is 0.373. The molecule has 0 unspecified atom stereocenters. The highest BCUT2D eigenvalue weighted by atomic mass is 16.1. The van der Waals surface area contributed by atoms with Crippen LogP contribution in [-0.2, 0) is 17.6 Å². The summed E-state index contributed by atoms with van der Waals surface area (Å²) in [5, 5.41) is 7.83. The lowest BCUT2D eigenvalue weighted by molar-refractivity contribution is -0.118. The summed E-state index contributed by atoms with van der Waals surface area (Å²) < 4.78 is 0. The summed E-state index contributed by atoms with van der Waals surface area (Å²) in [5.74, 6) is 0.373. The number of rotatable bonds is 0. The van der Waals surface area contributed by atoms with Crippen molar-refractivity contribution >= 4 is 38.1 Å². The zero-order valence-electron chi connectivity index (χ0n) is 11.6. The molecule has 0 saturated heterocycles. The molecule has 100 valence electrons. The quantitative estimate of drug-likeness (QED) is 0.425. The molecule has 0 aromatic heterocycles. The van der Waals surface area contributed by atoms with Gasteiger partial charge in [-0.1, -0.05) is 48.5 Å². The minimum atomic E-state index is 0.373. The smallest absolute Gasteiger partial charge is 0.137 e. The third-order valence-corrected chi connectivity index (χ3v) is 4.90. The first kappa shape index (κ1) is 11.3. The van der Waals surface area contributed by atoms with Gasteiger partial charge in [-0.15, -0.1) is 0 Å². The van der Waals surface area contributed by atoms with Crippen molar-refractivity contribution in [1.82, 2.24) is 0 Å². The van der Waals surface area contributed by atoms with Crippen molar-refractivity contribution < 1.29 is 4.79 Å². The molecule has 21 heavy (non-hydrogen) atoms. The predicted molar refractivity (Wildman–Crippen MR) is 87.2 cm³/mol. The third kappa shape index (κ3) is 1.43. The van der Waals surface area contributed by atoms with Crippen LogP contribution in [-0.4, -0.2) is 5.78 Å². The van der Waals surface area contributed by atoms with Gasteiger partial charge < -0.3 is 0 Å². The molecule has 0 radical (unpaired) electrons. The molecule has 1 aliphatic carbocycles. The number of hydrogen-bond acceptors (Lipinski definition) is 1. The van der Waals surface area contributed by atoms with E-state index in [1.807, 2.05) is 0 Å². The Hall–Kier alpha value is -2.41. The van der Waals surface area contributed by atoms with Gasteiger partial charge in [0.1, 0.15) is 5.78 Å². The molecule has 1 heteroatoms. The first-order valence-corrected chi connectivity index (χ1v) is 7.51. The molecular formula is C20H14O. The summed E-state index contributed by atoms with van der Waals surface area (Å²) >= 11 is 0. The van der Waals surface area contributed by atoms with Crippen LogP contribution in [0.5, 0.6) is 0 Å². The summed E-state index contributed by atoms with van der Waals surface area (Å²) in [6.45, 7) is 0. The molecule has 4 aromatic rings. The van der Waals surface area contributed by atoms with Gasteiger partial charge in [-0.25, -0.2) is 0 Å². The zero-order valence-corrected chi connectivity index (χ0v) is 11.6. The van der Waals surface area contributed by atoms with Gasteiger partial charge in [0.2, 0.25) is 0 Å². The van der Waals surface area contributed by atoms with Gasteiger partial charge in [0.25, 0.3) is 0 Å². The minimum Gasteiger partial charge on any atom is -0.299 e. The Balaban J connectivity index is 2.06. The average Bonchev–Trinajstić information content (AvgIpc) is 2.52. The van der Waals surface area contributed by atoms with Crippen LogP contribution in [0.2, 0.25) is 0 Å². The van der Waals surface area contributed by atoms with Crippen LogP contribution in [0, 0.1) is 0 Å². The largest absolute Gasteiger partial charge is 0.299 e. The van der Waals surface area contributed by atoms with Crippen molar-refractivity contribution in [1.29, 1.82) is 0 Å². The monoisotopic (exact) mass is 270 g/mol. The average molecular weight is 270 g/mol. The Kier molecular flexibility index (Phi) is 2.05. The standard InChI is InChI=1S/C20H14O/c21-16-8-6-14-10-15-5-4-12-2-1-3-13-7-9-17(18(14)11-16)20(15)19(12)13/h1-5,7,9-10H,6,8,11H2. The first-order valence-electron chi connectivity index (χ1n) is 7.51. The second kappa shape index (κ2) is 3.82. The summed E-state index contributed by atoms with van der Waals surface area (Å²) in [6, 6.07) is 17.6. The molecule has 0 spiro atoms. The van der Waals surface area contributed by atoms with E-state index in [2.05, 4.69) is 48.5 Å². The van der Waals surface area contributed by atoms with Gasteiger partial charge in [-0.3, -0.25) is 4.79 Å². The highest BCUT2D eigenvalue weighted by Crippen LogP contribution is 2.38. The van der Waals surface area contributed by atoms with Crippen LogP contribution in [0.4, 0.5) is 0 Å². The van der Waals surface area contributed by atoms with E-state index in [1.165, 1.54) is 43.4 Å². The molecule has 4 aromatic carbocycles. The lowest BCUT2D eigenvalue weighted by atomic mass is 9.83. The van der Waals surface area contributed by atoms with Crippen LogP contribution >= 0.6 is 0 Å². The zero-order chi connectivity index (χ0) is 14.0. The van der Waals surface area contributed by atoms with Crippen LogP contribution < -0.4 is 0 Å². The molecule has 0 atom stereocenters. The summed E-state index contributed by atoms with van der Waals surface area (Å²) in [7, 11) is 0. The maximum Gasteiger partial charge on any atom is 0.137 e. The highest BCUT2D eigenvalue weighted by molar-refractivity contribution is 6.24. The van der Waals surface area contributed by atoms with E-state index in [-0.39, 0.29) is 0 Å². The summed E-state index contributed by atoms with van der Waals surface area (Å²) in [5.41, 5.74) is 2.62. The number of benzene rings is 4. The Morgan fingerprint density at radius 1 is 0.762 bits per heavy atom. The number of hydrogen-bond donors (Lipinski definition) is 0. The molecule has 1 nitrogen and oxygen atoms in total. The van der Waals surface area contributed by atoms with Crippen molar-refractivity contribution in [2.75, 3.05) is 0 Å². The van der Waals surface area contributed by atoms with Crippen molar-refractivity contribution in [3.8, 4) is 0 Å².